The van der Waals surface area contributed by atoms with E-state index in [1.165, 1.54) is 10.6 Å². The Kier molecular flexibility index (Phi) is 6.38. The molecule has 0 bridgehead atoms. The van der Waals surface area contributed by atoms with Gasteiger partial charge in [-0.3, -0.25) is 4.98 Å². The van der Waals surface area contributed by atoms with Crippen LogP contribution in [0.5, 0.6) is 5.75 Å². The Morgan fingerprint density at radius 2 is 2.24 bits per heavy atom. The highest BCUT2D eigenvalue weighted by atomic mass is 19.1. The van der Waals surface area contributed by atoms with E-state index in [2.05, 4.69) is 27.0 Å². The summed E-state index contributed by atoms with van der Waals surface area (Å²) in [5.41, 5.74) is 1.48. The lowest BCUT2D eigenvalue weighted by Gasteiger charge is -2.14. The lowest BCUT2D eigenvalue weighted by molar-refractivity contribution is 0.105. The molecule has 0 fully saturated rings. The zero-order chi connectivity index (χ0) is 20.8. The number of rotatable bonds is 8. The minimum atomic E-state index is -0.666. The van der Waals surface area contributed by atoms with Gasteiger partial charge in [0.1, 0.15) is 6.10 Å². The van der Waals surface area contributed by atoms with Crippen molar-refractivity contribution < 1.29 is 18.7 Å². The van der Waals surface area contributed by atoms with E-state index in [1.807, 2.05) is 0 Å². The lowest BCUT2D eigenvalue weighted by atomic mass is 10.1. The van der Waals surface area contributed by atoms with E-state index in [0.29, 0.717) is 42.4 Å². The van der Waals surface area contributed by atoms with Crippen molar-refractivity contribution >= 4 is 11.7 Å². The van der Waals surface area contributed by atoms with Gasteiger partial charge in [-0.2, -0.15) is 5.10 Å². The molecule has 0 saturated carbocycles. The Labute approximate surface area is 167 Å². The van der Waals surface area contributed by atoms with Crippen LogP contribution in [0.1, 0.15) is 32.1 Å². The SMILES string of the molecule is C=CCCOc1cc(-c2cc(C(C)OC(=O)NCC)ncc2F)nn2ccnc12. The van der Waals surface area contributed by atoms with Crippen LogP contribution in [0.25, 0.3) is 16.9 Å². The van der Waals surface area contributed by atoms with Crippen molar-refractivity contribution in [3.63, 3.8) is 0 Å². The Hall–Kier alpha value is -3.49. The summed E-state index contributed by atoms with van der Waals surface area (Å²) in [7, 11) is 0. The van der Waals surface area contributed by atoms with E-state index >= 15 is 0 Å². The van der Waals surface area contributed by atoms with Crippen molar-refractivity contribution in [1.82, 2.24) is 24.9 Å². The molecule has 0 spiro atoms. The summed E-state index contributed by atoms with van der Waals surface area (Å²) in [6, 6.07) is 3.14. The predicted octanol–water partition coefficient (Wildman–Crippen LogP) is 3.69. The molecule has 0 aromatic carbocycles. The number of hydrogen-bond acceptors (Lipinski definition) is 6. The number of carbonyl (C=O) groups excluding carboxylic acids is 1. The number of alkyl carbamates (subject to hydrolysis) is 1. The number of halogens is 1. The van der Waals surface area contributed by atoms with Crippen LogP contribution in [-0.2, 0) is 4.74 Å². The van der Waals surface area contributed by atoms with E-state index in [-0.39, 0.29) is 5.56 Å². The van der Waals surface area contributed by atoms with Crippen LogP contribution < -0.4 is 10.1 Å². The highest BCUT2D eigenvalue weighted by Gasteiger charge is 2.18. The van der Waals surface area contributed by atoms with Crippen LogP contribution in [-0.4, -0.2) is 38.8 Å². The van der Waals surface area contributed by atoms with Crippen LogP contribution in [0.4, 0.5) is 9.18 Å². The number of ether oxygens (including phenoxy) is 2. The normalized spacial score (nSPS) is 11.8. The van der Waals surface area contributed by atoms with Crippen LogP contribution in [0.2, 0.25) is 0 Å². The van der Waals surface area contributed by atoms with E-state index in [0.717, 1.165) is 6.20 Å². The summed E-state index contributed by atoms with van der Waals surface area (Å²) in [6.07, 6.45) is 5.50. The lowest BCUT2D eigenvalue weighted by Crippen LogP contribution is -2.25. The maximum absolute atomic E-state index is 14.6. The number of aromatic nitrogens is 4. The summed E-state index contributed by atoms with van der Waals surface area (Å²) in [6.45, 7) is 7.97. The molecule has 1 atom stereocenters. The van der Waals surface area contributed by atoms with Gasteiger partial charge < -0.3 is 14.8 Å². The van der Waals surface area contributed by atoms with Crippen molar-refractivity contribution in [3.8, 4) is 17.0 Å². The molecule has 0 radical (unpaired) electrons. The molecule has 8 nitrogen and oxygen atoms in total. The third-order valence-corrected chi connectivity index (χ3v) is 4.08. The molecule has 0 saturated heterocycles. The molecule has 3 aromatic rings. The number of hydrogen-bond donors (Lipinski definition) is 1. The number of amides is 1. The summed E-state index contributed by atoms with van der Waals surface area (Å²) < 4.78 is 27.1. The summed E-state index contributed by atoms with van der Waals surface area (Å²) in [4.78, 5) is 19.9. The fourth-order valence-corrected chi connectivity index (χ4v) is 2.66. The van der Waals surface area contributed by atoms with Crippen LogP contribution in [0.3, 0.4) is 0 Å². The van der Waals surface area contributed by atoms with E-state index in [1.54, 1.807) is 38.4 Å². The van der Waals surface area contributed by atoms with Crippen LogP contribution in [0, 0.1) is 5.82 Å². The van der Waals surface area contributed by atoms with Gasteiger partial charge in [-0.1, -0.05) is 6.08 Å². The number of fused-ring (bicyclic) bond motifs is 1. The van der Waals surface area contributed by atoms with Gasteiger partial charge in [0.25, 0.3) is 0 Å². The second-order valence-electron chi connectivity index (χ2n) is 6.18. The molecule has 29 heavy (non-hydrogen) atoms. The summed E-state index contributed by atoms with van der Waals surface area (Å²) in [5, 5.41) is 6.96. The second-order valence-corrected chi connectivity index (χ2v) is 6.18. The molecular formula is C20H22FN5O3. The smallest absolute Gasteiger partial charge is 0.407 e. The Balaban J connectivity index is 1.96. The first-order valence-corrected chi connectivity index (χ1v) is 9.21. The minimum Gasteiger partial charge on any atom is -0.489 e. The molecule has 3 aromatic heterocycles. The first-order chi connectivity index (χ1) is 14.0. The zero-order valence-electron chi connectivity index (χ0n) is 16.3. The van der Waals surface area contributed by atoms with E-state index in [9.17, 15) is 9.18 Å². The van der Waals surface area contributed by atoms with Crippen molar-refractivity contribution in [2.45, 2.75) is 26.4 Å². The van der Waals surface area contributed by atoms with Gasteiger partial charge in [0.2, 0.25) is 0 Å². The fourth-order valence-electron chi connectivity index (χ4n) is 2.66. The standard InChI is InChI=1S/C20H22FN5O3/c1-4-6-9-28-18-11-17(25-26-8-7-23-19(18)26)14-10-16(24-12-15(14)21)13(3)29-20(27)22-5-2/h4,7-8,10-13H,1,5-6,9H2,2-3H3,(H,22,27). The van der Waals surface area contributed by atoms with Gasteiger partial charge in [-0.25, -0.2) is 18.7 Å². The van der Waals surface area contributed by atoms with Gasteiger partial charge in [-0.15, -0.1) is 6.58 Å². The maximum atomic E-state index is 14.6. The van der Waals surface area contributed by atoms with Crippen molar-refractivity contribution in [1.29, 1.82) is 0 Å². The average molecular weight is 399 g/mol. The van der Waals surface area contributed by atoms with Crippen molar-refractivity contribution in [3.05, 3.63) is 54.9 Å². The molecule has 1 N–H and O–H groups in total. The highest BCUT2D eigenvalue weighted by molar-refractivity contribution is 5.68. The molecular weight excluding hydrogens is 377 g/mol. The monoisotopic (exact) mass is 399 g/mol. The fraction of sp³-hybridized carbons (Fsp3) is 0.300. The first-order valence-electron chi connectivity index (χ1n) is 9.21. The number of carbonyl (C=O) groups is 1. The Morgan fingerprint density at radius 3 is 3.00 bits per heavy atom. The van der Waals surface area contributed by atoms with E-state index < -0.39 is 18.0 Å². The average Bonchev–Trinajstić information content (AvgIpc) is 3.17. The number of nitrogens with one attached hydrogen (secondary N) is 1. The molecule has 152 valence electrons. The maximum Gasteiger partial charge on any atom is 0.407 e. The summed E-state index contributed by atoms with van der Waals surface area (Å²) >= 11 is 0. The van der Waals surface area contributed by atoms with E-state index in [4.69, 9.17) is 9.47 Å². The van der Waals surface area contributed by atoms with Gasteiger partial charge in [0.05, 0.1) is 24.2 Å². The Bertz CT molecular complexity index is 1020. The predicted molar refractivity (Wildman–Crippen MR) is 105 cm³/mol. The van der Waals surface area contributed by atoms with Crippen molar-refractivity contribution in [2.75, 3.05) is 13.2 Å². The molecule has 3 rings (SSSR count). The third kappa shape index (κ3) is 4.68. The molecule has 0 aliphatic heterocycles. The highest BCUT2D eigenvalue weighted by Crippen LogP contribution is 2.29. The number of pyridine rings is 1. The van der Waals surface area contributed by atoms with Gasteiger partial charge in [0.15, 0.2) is 17.2 Å². The first kappa shape index (κ1) is 20.2. The van der Waals surface area contributed by atoms with Gasteiger partial charge in [-0.05, 0) is 26.3 Å². The number of imidazole rings is 1. The summed E-state index contributed by atoms with van der Waals surface area (Å²) in [5.74, 6) is -0.0748. The molecule has 1 unspecified atom stereocenters. The molecule has 0 aliphatic rings. The topological polar surface area (TPSA) is 90.6 Å². The third-order valence-electron chi connectivity index (χ3n) is 4.08. The van der Waals surface area contributed by atoms with Gasteiger partial charge in [0, 0.05) is 30.6 Å². The van der Waals surface area contributed by atoms with Crippen LogP contribution in [0.15, 0.2) is 43.4 Å². The molecule has 0 aliphatic carbocycles. The second kappa shape index (κ2) is 9.13. The Morgan fingerprint density at radius 1 is 1.41 bits per heavy atom. The van der Waals surface area contributed by atoms with Crippen LogP contribution >= 0.6 is 0 Å². The molecule has 9 heteroatoms. The van der Waals surface area contributed by atoms with Gasteiger partial charge >= 0.3 is 6.09 Å². The van der Waals surface area contributed by atoms with Crippen molar-refractivity contribution in [2.24, 2.45) is 0 Å². The zero-order valence-corrected chi connectivity index (χ0v) is 16.3. The largest absolute Gasteiger partial charge is 0.489 e. The molecule has 3 heterocycles. The minimum absolute atomic E-state index is 0.213. The quantitative estimate of drug-likeness (QED) is 0.459. The molecule has 1 amide bonds. The number of nitrogens with zero attached hydrogens (tertiary/aromatic N) is 4.